The van der Waals surface area contributed by atoms with Gasteiger partial charge in [-0.05, 0) is 24.6 Å². The fourth-order valence-electron chi connectivity index (χ4n) is 2.07. The Morgan fingerprint density at radius 1 is 1.26 bits per heavy atom. The molecule has 1 atom stereocenters. The van der Waals surface area contributed by atoms with Gasteiger partial charge in [-0.1, -0.05) is 24.4 Å². The highest BCUT2D eigenvalue weighted by molar-refractivity contribution is 7.71. The van der Waals surface area contributed by atoms with E-state index in [1.807, 2.05) is 12.1 Å². The van der Waals surface area contributed by atoms with Gasteiger partial charge >= 0.3 is 0 Å². The number of aliphatic hydroxyl groups is 1. The van der Waals surface area contributed by atoms with Gasteiger partial charge in [-0.15, -0.1) is 0 Å². The Labute approximate surface area is 138 Å². The molecule has 23 heavy (non-hydrogen) atoms. The Hall–Kier alpha value is -2.87. The lowest BCUT2D eigenvalue weighted by molar-refractivity contribution is 0.123. The number of aromatic amines is 1. The quantitative estimate of drug-likeness (QED) is 0.743. The van der Waals surface area contributed by atoms with E-state index in [0.717, 1.165) is 0 Å². The molecule has 0 amide bonds. The number of hydrogen-bond donors (Lipinski definition) is 3. The maximum Gasteiger partial charge on any atom is 0.123 e. The Bertz CT molecular complexity index is 858. The second-order valence-corrected chi connectivity index (χ2v) is 5.31. The summed E-state index contributed by atoms with van der Waals surface area (Å²) in [5.74, 6) is 0.696. The first kappa shape index (κ1) is 16.5. The molecule has 6 nitrogen and oxygen atoms in total. The second kappa shape index (κ2) is 6.93. The van der Waals surface area contributed by atoms with E-state index >= 15 is 0 Å². The largest absolute Gasteiger partial charge is 0.491 e. The van der Waals surface area contributed by atoms with E-state index in [9.17, 15) is 15.6 Å². The summed E-state index contributed by atoms with van der Waals surface area (Å²) in [5, 5.41) is 27.9. The van der Waals surface area contributed by atoms with Crippen LogP contribution in [-0.2, 0) is 0 Å². The van der Waals surface area contributed by atoms with Crippen molar-refractivity contribution < 1.29 is 9.84 Å². The number of nitrogens with one attached hydrogen (secondary N) is 1. The number of pyridine rings is 1. The molecule has 0 aliphatic heterocycles. The normalized spacial score (nSPS) is 11.3. The molecule has 0 radical (unpaired) electrons. The van der Waals surface area contributed by atoms with Crippen LogP contribution >= 0.6 is 12.2 Å². The molecule has 4 N–H and O–H groups in total. The van der Waals surface area contributed by atoms with Crippen molar-refractivity contribution in [3.05, 3.63) is 40.0 Å². The average molecular weight is 326 g/mol. The first-order valence-electron chi connectivity index (χ1n) is 6.75. The van der Waals surface area contributed by atoms with Crippen molar-refractivity contribution in [3.8, 4) is 29.0 Å². The van der Waals surface area contributed by atoms with Crippen LogP contribution in [0.15, 0.2) is 24.3 Å². The van der Waals surface area contributed by atoms with Gasteiger partial charge in [-0.25, -0.2) is 0 Å². The molecule has 1 aromatic carbocycles. The van der Waals surface area contributed by atoms with Crippen molar-refractivity contribution in [2.24, 2.45) is 0 Å². The van der Waals surface area contributed by atoms with Crippen molar-refractivity contribution >= 4 is 18.0 Å². The van der Waals surface area contributed by atoms with Crippen LogP contribution in [0.1, 0.15) is 18.1 Å². The first-order valence-corrected chi connectivity index (χ1v) is 7.16. The van der Waals surface area contributed by atoms with Crippen molar-refractivity contribution in [3.63, 3.8) is 0 Å². The van der Waals surface area contributed by atoms with Crippen molar-refractivity contribution in [2.45, 2.75) is 13.0 Å². The highest BCUT2D eigenvalue weighted by atomic mass is 32.1. The number of rotatable bonds is 4. The van der Waals surface area contributed by atoms with E-state index in [2.05, 4.69) is 4.98 Å². The number of nitriles is 2. The molecule has 7 heteroatoms. The number of nitrogen functional groups attached to an aromatic ring is 1. The smallest absolute Gasteiger partial charge is 0.123 e. The van der Waals surface area contributed by atoms with E-state index in [1.165, 1.54) is 0 Å². The fourth-order valence-corrected chi connectivity index (χ4v) is 2.32. The molecule has 0 spiro atoms. The molecule has 2 aromatic rings. The average Bonchev–Trinajstić information content (AvgIpc) is 2.53. The lowest BCUT2D eigenvalue weighted by Gasteiger charge is -2.11. The zero-order chi connectivity index (χ0) is 17.0. The van der Waals surface area contributed by atoms with E-state index in [1.54, 1.807) is 31.2 Å². The number of anilines is 1. The first-order chi connectivity index (χ1) is 11.0. The minimum Gasteiger partial charge on any atom is -0.491 e. The van der Waals surface area contributed by atoms with Gasteiger partial charge in [0.25, 0.3) is 0 Å². The maximum absolute atomic E-state index is 9.33. The topological polar surface area (TPSA) is 119 Å². The summed E-state index contributed by atoms with van der Waals surface area (Å²) in [5.41, 5.74) is 7.20. The van der Waals surface area contributed by atoms with Gasteiger partial charge in [-0.3, -0.25) is 0 Å². The van der Waals surface area contributed by atoms with Crippen LogP contribution in [0.2, 0.25) is 0 Å². The van der Waals surface area contributed by atoms with E-state index in [-0.39, 0.29) is 28.2 Å². The SMILES string of the molecule is C[C@H](O)COc1ccc(-c2c(C#N)c(N)[nH]c(=S)c2C#N)cc1. The van der Waals surface area contributed by atoms with Gasteiger partial charge in [0.2, 0.25) is 0 Å². The summed E-state index contributed by atoms with van der Waals surface area (Å²) in [6.07, 6.45) is -0.572. The molecule has 0 unspecified atom stereocenters. The second-order valence-electron chi connectivity index (χ2n) is 4.90. The van der Waals surface area contributed by atoms with Crippen molar-refractivity contribution in [1.29, 1.82) is 10.5 Å². The standard InChI is InChI=1S/C16H14N4O2S/c1-9(21)8-22-11-4-2-10(3-5-11)14-12(6-17)15(19)20-16(23)13(14)7-18/h2-5,9,21H,8H2,1H3,(H3,19,20,23)/t9-/m0/s1. The predicted molar refractivity (Wildman–Crippen MR) is 88.1 cm³/mol. The lowest BCUT2D eigenvalue weighted by Crippen LogP contribution is -2.12. The summed E-state index contributed by atoms with van der Waals surface area (Å²) in [6, 6.07) is 10.8. The fraction of sp³-hybridized carbons (Fsp3) is 0.188. The third-order valence-corrected chi connectivity index (χ3v) is 3.41. The molecular formula is C16H14N4O2S. The highest BCUT2D eigenvalue weighted by Crippen LogP contribution is 2.31. The molecule has 0 bridgehead atoms. The summed E-state index contributed by atoms with van der Waals surface area (Å²) in [6.45, 7) is 1.80. The number of ether oxygens (including phenoxy) is 1. The van der Waals surface area contributed by atoms with Gasteiger partial charge in [0, 0.05) is 5.56 Å². The van der Waals surface area contributed by atoms with Crippen LogP contribution in [-0.4, -0.2) is 22.8 Å². The number of aromatic nitrogens is 1. The Kier molecular flexibility index (Phi) is 4.97. The Morgan fingerprint density at radius 3 is 2.39 bits per heavy atom. The van der Waals surface area contributed by atoms with Crippen LogP contribution in [0.3, 0.4) is 0 Å². The minimum atomic E-state index is -0.572. The molecule has 116 valence electrons. The molecule has 0 aliphatic carbocycles. The Morgan fingerprint density at radius 2 is 1.87 bits per heavy atom. The lowest BCUT2D eigenvalue weighted by atomic mass is 9.97. The highest BCUT2D eigenvalue weighted by Gasteiger charge is 2.16. The molecule has 0 fully saturated rings. The monoisotopic (exact) mass is 326 g/mol. The summed E-state index contributed by atoms with van der Waals surface area (Å²) in [4.78, 5) is 2.66. The van der Waals surface area contributed by atoms with Crippen molar-refractivity contribution in [2.75, 3.05) is 12.3 Å². The van der Waals surface area contributed by atoms with E-state index in [4.69, 9.17) is 22.7 Å². The maximum atomic E-state index is 9.33. The Balaban J connectivity index is 2.53. The molecule has 0 saturated heterocycles. The number of benzene rings is 1. The van der Waals surface area contributed by atoms with Crippen LogP contribution in [0.25, 0.3) is 11.1 Å². The molecule has 0 saturated carbocycles. The predicted octanol–water partition coefficient (Wildman–Crippen LogP) is 2.50. The third-order valence-electron chi connectivity index (χ3n) is 3.10. The molecule has 0 aliphatic rings. The summed E-state index contributed by atoms with van der Waals surface area (Å²) in [7, 11) is 0. The minimum absolute atomic E-state index is 0.126. The zero-order valence-corrected chi connectivity index (χ0v) is 13.1. The van der Waals surface area contributed by atoms with E-state index in [0.29, 0.717) is 16.9 Å². The van der Waals surface area contributed by atoms with Crippen LogP contribution in [0.5, 0.6) is 5.75 Å². The number of nitrogens with zero attached hydrogens (tertiary/aromatic N) is 2. The third kappa shape index (κ3) is 3.49. The van der Waals surface area contributed by atoms with Gasteiger partial charge in [-0.2, -0.15) is 10.5 Å². The number of H-pyrrole nitrogens is 1. The number of hydrogen-bond acceptors (Lipinski definition) is 6. The summed E-state index contributed by atoms with van der Waals surface area (Å²) < 4.78 is 5.58. The van der Waals surface area contributed by atoms with Gasteiger partial charge in [0.05, 0.1) is 11.7 Å². The summed E-state index contributed by atoms with van der Waals surface area (Å²) >= 11 is 5.11. The number of nitrogens with two attached hydrogens (primary N) is 1. The molecule has 1 heterocycles. The van der Waals surface area contributed by atoms with Crippen LogP contribution < -0.4 is 10.5 Å². The molecular weight excluding hydrogens is 312 g/mol. The number of aliphatic hydroxyl groups excluding tert-OH is 1. The van der Waals surface area contributed by atoms with Gasteiger partial charge in [0.1, 0.15) is 40.5 Å². The van der Waals surface area contributed by atoms with Gasteiger partial charge in [0.15, 0.2) is 0 Å². The van der Waals surface area contributed by atoms with Gasteiger partial charge < -0.3 is 20.6 Å². The van der Waals surface area contributed by atoms with Crippen LogP contribution in [0.4, 0.5) is 5.82 Å². The van der Waals surface area contributed by atoms with E-state index < -0.39 is 6.10 Å². The van der Waals surface area contributed by atoms with Crippen molar-refractivity contribution in [1.82, 2.24) is 4.98 Å². The molecule has 2 rings (SSSR count). The van der Waals surface area contributed by atoms with Crippen LogP contribution in [0, 0.1) is 27.3 Å². The zero-order valence-electron chi connectivity index (χ0n) is 12.3. The molecule has 1 aromatic heterocycles.